The van der Waals surface area contributed by atoms with Crippen LogP contribution >= 0.6 is 0 Å². The lowest BCUT2D eigenvalue weighted by Gasteiger charge is -2.18. The topological polar surface area (TPSA) is 34.0 Å². The maximum Gasteiger partial charge on any atom is 0.162 e. The van der Waals surface area contributed by atoms with E-state index in [1.54, 1.807) is 6.33 Å². The number of aromatic nitrogens is 3. The maximum atomic E-state index is 4.28. The second-order valence-corrected chi connectivity index (χ2v) is 3.33. The van der Waals surface area contributed by atoms with Crippen molar-refractivity contribution in [2.24, 2.45) is 0 Å². The first kappa shape index (κ1) is 8.99. The lowest BCUT2D eigenvalue weighted by atomic mass is 10.3. The summed E-state index contributed by atoms with van der Waals surface area (Å²) in [5.74, 6) is 0. The van der Waals surface area contributed by atoms with Gasteiger partial charge in [-0.1, -0.05) is 0 Å². The summed E-state index contributed by atoms with van der Waals surface area (Å²) < 4.78 is 2.05. The predicted molar refractivity (Wildman–Crippen MR) is 56.9 cm³/mol. The molecule has 0 amide bonds. The number of nitrogens with zero attached hydrogens (tertiary/aromatic N) is 4. The highest BCUT2D eigenvalue weighted by molar-refractivity contribution is 5.78. The molecule has 0 unspecified atom stereocenters. The van der Waals surface area contributed by atoms with Crippen LogP contribution in [0.3, 0.4) is 0 Å². The molecule has 14 heavy (non-hydrogen) atoms. The van der Waals surface area contributed by atoms with Crippen LogP contribution in [0.25, 0.3) is 11.0 Å². The molecule has 0 spiro atoms. The van der Waals surface area contributed by atoms with Crippen LogP contribution in [0.2, 0.25) is 0 Å². The van der Waals surface area contributed by atoms with E-state index in [1.165, 1.54) is 0 Å². The van der Waals surface area contributed by atoms with Crippen LogP contribution in [0.1, 0.15) is 12.6 Å². The monoisotopic (exact) mass is 190 g/mol. The van der Waals surface area contributed by atoms with Gasteiger partial charge in [-0.2, -0.15) is 0 Å². The van der Waals surface area contributed by atoms with Crippen LogP contribution in [0.5, 0.6) is 0 Å². The van der Waals surface area contributed by atoms with E-state index in [9.17, 15) is 0 Å². The molecule has 0 saturated carbocycles. The van der Waals surface area contributed by atoms with E-state index in [0.29, 0.717) is 0 Å². The van der Waals surface area contributed by atoms with E-state index in [2.05, 4.69) is 28.0 Å². The third-order valence-corrected chi connectivity index (χ3v) is 2.49. The van der Waals surface area contributed by atoms with Gasteiger partial charge in [-0.15, -0.1) is 0 Å². The average Bonchev–Trinajstić information content (AvgIpc) is 2.62. The predicted octanol–water partition coefficient (Wildman–Crippen LogP) is 1.33. The minimum atomic E-state index is 0.951. The Balaban J connectivity index is 2.63. The summed E-state index contributed by atoms with van der Waals surface area (Å²) in [6.45, 7) is 5.06. The average molecular weight is 190 g/mol. The molecule has 0 aliphatic rings. The summed E-state index contributed by atoms with van der Waals surface area (Å²) in [5.41, 5.74) is 2.00. The fraction of sp³-hybridized carbons (Fsp3) is 0.400. The van der Waals surface area contributed by atoms with Gasteiger partial charge in [-0.05, 0) is 19.9 Å². The van der Waals surface area contributed by atoms with Gasteiger partial charge in [0, 0.05) is 25.2 Å². The van der Waals surface area contributed by atoms with Gasteiger partial charge in [0.15, 0.2) is 5.65 Å². The summed E-state index contributed by atoms with van der Waals surface area (Å²) in [7, 11) is 2.04. The number of aryl methyl sites for hydroxylation is 1. The third kappa shape index (κ3) is 1.23. The Kier molecular flexibility index (Phi) is 2.11. The first-order chi connectivity index (χ1) is 6.74. The molecule has 2 rings (SSSR count). The Hall–Kier alpha value is -1.58. The molecule has 2 heterocycles. The Labute approximate surface area is 83.2 Å². The number of rotatable bonds is 2. The first-order valence-corrected chi connectivity index (χ1v) is 4.74. The molecule has 0 N–H and O–H groups in total. The van der Waals surface area contributed by atoms with E-state index in [4.69, 9.17) is 0 Å². The highest BCUT2D eigenvalue weighted by atomic mass is 15.5. The highest BCUT2D eigenvalue weighted by Crippen LogP contribution is 2.14. The molecule has 4 heteroatoms. The maximum absolute atomic E-state index is 4.28. The fourth-order valence-electron chi connectivity index (χ4n) is 1.49. The summed E-state index contributed by atoms with van der Waals surface area (Å²) >= 11 is 0. The second kappa shape index (κ2) is 3.29. The summed E-state index contributed by atoms with van der Waals surface area (Å²) in [4.78, 5) is 8.44. The molecule has 2 aromatic rings. The van der Waals surface area contributed by atoms with E-state index in [1.807, 2.05) is 24.8 Å². The van der Waals surface area contributed by atoms with E-state index in [0.717, 1.165) is 23.3 Å². The van der Waals surface area contributed by atoms with Crippen LogP contribution in [0.15, 0.2) is 18.6 Å². The molecule has 0 aliphatic heterocycles. The Morgan fingerprint density at radius 1 is 1.43 bits per heavy atom. The lowest BCUT2D eigenvalue weighted by Crippen LogP contribution is -2.28. The van der Waals surface area contributed by atoms with E-state index in [-0.39, 0.29) is 0 Å². The van der Waals surface area contributed by atoms with Crippen molar-refractivity contribution in [1.29, 1.82) is 0 Å². The number of hydrogen-bond donors (Lipinski definition) is 0. The molecule has 74 valence electrons. The van der Waals surface area contributed by atoms with Crippen molar-refractivity contribution in [3.05, 3.63) is 24.3 Å². The Morgan fingerprint density at radius 2 is 2.21 bits per heavy atom. The first-order valence-electron chi connectivity index (χ1n) is 4.74. The smallest absolute Gasteiger partial charge is 0.162 e. The molecule has 0 aromatic carbocycles. The van der Waals surface area contributed by atoms with Crippen LogP contribution in [0, 0.1) is 6.92 Å². The van der Waals surface area contributed by atoms with Gasteiger partial charge in [0.25, 0.3) is 0 Å². The Bertz CT molecular complexity index is 446. The SMILES string of the molecule is CCN(C)n1ccc2c(C)ncnc21. The minimum absolute atomic E-state index is 0.951. The molecule has 0 atom stereocenters. The molecule has 0 aliphatic carbocycles. The van der Waals surface area contributed by atoms with Crippen LogP contribution in [-0.2, 0) is 0 Å². The zero-order valence-electron chi connectivity index (χ0n) is 8.73. The van der Waals surface area contributed by atoms with Crippen molar-refractivity contribution >= 4 is 11.0 Å². The molecule has 4 nitrogen and oxygen atoms in total. The lowest BCUT2D eigenvalue weighted by molar-refractivity contribution is 0.689. The minimum Gasteiger partial charge on any atom is -0.315 e. The van der Waals surface area contributed by atoms with Crippen LogP contribution in [0.4, 0.5) is 0 Å². The number of hydrogen-bond acceptors (Lipinski definition) is 3. The van der Waals surface area contributed by atoms with Gasteiger partial charge >= 0.3 is 0 Å². The highest BCUT2D eigenvalue weighted by Gasteiger charge is 2.06. The number of fused-ring (bicyclic) bond motifs is 1. The standard InChI is InChI=1S/C10H14N4/c1-4-13(3)14-6-5-9-8(2)11-7-12-10(9)14/h5-7H,4H2,1-3H3. The molecule has 2 aromatic heterocycles. The normalized spacial score (nSPS) is 10.8. The van der Waals surface area contributed by atoms with Gasteiger partial charge in [-0.25, -0.2) is 14.6 Å². The van der Waals surface area contributed by atoms with E-state index < -0.39 is 0 Å². The van der Waals surface area contributed by atoms with Crippen LogP contribution < -0.4 is 5.01 Å². The van der Waals surface area contributed by atoms with Gasteiger partial charge in [0.1, 0.15) is 6.33 Å². The molecule has 0 fully saturated rings. The van der Waals surface area contributed by atoms with Gasteiger partial charge < -0.3 is 5.01 Å². The van der Waals surface area contributed by atoms with Gasteiger partial charge in [0.05, 0.1) is 5.69 Å². The Morgan fingerprint density at radius 3 is 2.93 bits per heavy atom. The van der Waals surface area contributed by atoms with Crippen molar-refractivity contribution in [1.82, 2.24) is 14.6 Å². The summed E-state index contributed by atoms with van der Waals surface area (Å²) in [5, 5.41) is 3.22. The van der Waals surface area contributed by atoms with Gasteiger partial charge in [0.2, 0.25) is 0 Å². The molecular formula is C10H14N4. The van der Waals surface area contributed by atoms with Crippen molar-refractivity contribution in [2.45, 2.75) is 13.8 Å². The molecule has 0 bridgehead atoms. The zero-order valence-corrected chi connectivity index (χ0v) is 8.73. The quantitative estimate of drug-likeness (QED) is 0.716. The zero-order chi connectivity index (χ0) is 10.1. The van der Waals surface area contributed by atoms with Gasteiger partial charge in [-0.3, -0.25) is 0 Å². The van der Waals surface area contributed by atoms with Crippen molar-refractivity contribution in [2.75, 3.05) is 18.6 Å². The molecule has 0 radical (unpaired) electrons. The summed E-state index contributed by atoms with van der Waals surface area (Å²) in [6.07, 6.45) is 3.63. The van der Waals surface area contributed by atoms with Crippen molar-refractivity contribution < 1.29 is 0 Å². The second-order valence-electron chi connectivity index (χ2n) is 3.33. The van der Waals surface area contributed by atoms with Crippen molar-refractivity contribution in [3.63, 3.8) is 0 Å². The molecular weight excluding hydrogens is 176 g/mol. The van der Waals surface area contributed by atoms with Crippen molar-refractivity contribution in [3.8, 4) is 0 Å². The molecule has 0 saturated heterocycles. The fourth-order valence-corrected chi connectivity index (χ4v) is 1.49. The third-order valence-electron chi connectivity index (χ3n) is 2.49. The van der Waals surface area contributed by atoms with E-state index >= 15 is 0 Å². The largest absolute Gasteiger partial charge is 0.315 e. The summed E-state index contributed by atoms with van der Waals surface area (Å²) in [6, 6.07) is 2.05. The van der Waals surface area contributed by atoms with Crippen LogP contribution in [-0.4, -0.2) is 28.2 Å².